The molecule has 0 nitrogen and oxygen atoms in total. The van der Waals surface area contributed by atoms with Crippen molar-refractivity contribution in [3.8, 4) is 0 Å². The summed E-state index contributed by atoms with van der Waals surface area (Å²) < 4.78 is 0. The third kappa shape index (κ3) is 2.77. The van der Waals surface area contributed by atoms with E-state index >= 15 is 0 Å². The second kappa shape index (κ2) is 6.70. The second-order valence-electron chi connectivity index (χ2n) is 7.64. The van der Waals surface area contributed by atoms with Crippen LogP contribution in [0.1, 0.15) is 42.9 Å². The van der Waals surface area contributed by atoms with E-state index in [2.05, 4.69) is 85.8 Å². The number of fused-ring (bicyclic) bond motifs is 3. The maximum absolute atomic E-state index is 2.38. The first-order valence-corrected chi connectivity index (χ1v) is 10.1. The van der Waals surface area contributed by atoms with Gasteiger partial charge in [-0.05, 0) is 75.2 Å². The van der Waals surface area contributed by atoms with Crippen molar-refractivity contribution in [3.63, 3.8) is 0 Å². The van der Waals surface area contributed by atoms with Crippen LogP contribution < -0.4 is 0 Å². The summed E-state index contributed by atoms with van der Waals surface area (Å²) in [5.41, 5.74) is 7.41. The zero-order valence-corrected chi connectivity index (χ0v) is 15.8. The summed E-state index contributed by atoms with van der Waals surface area (Å²) in [6.07, 6.45) is 4.81. The van der Waals surface area contributed by atoms with Gasteiger partial charge in [-0.3, -0.25) is 0 Å². The minimum absolute atomic E-state index is 1.11. The summed E-state index contributed by atoms with van der Waals surface area (Å²) in [6, 6.07) is 29.2. The minimum atomic E-state index is 1.11. The molecule has 0 saturated heterocycles. The Balaban J connectivity index is 1.78. The van der Waals surface area contributed by atoms with Crippen molar-refractivity contribution >= 4 is 27.1 Å². The van der Waals surface area contributed by atoms with Crippen molar-refractivity contribution < 1.29 is 0 Å². The summed E-state index contributed by atoms with van der Waals surface area (Å²) in [5.74, 6) is 0. The fourth-order valence-corrected chi connectivity index (χ4v) is 4.55. The number of unbranched alkanes of at least 4 members (excludes halogenated alkanes) is 1. The fraction of sp³-hybridized carbons (Fsp3) is 0.185. The van der Waals surface area contributed by atoms with E-state index in [1.807, 2.05) is 0 Å². The number of benzene rings is 4. The molecule has 27 heavy (non-hydrogen) atoms. The van der Waals surface area contributed by atoms with Crippen molar-refractivity contribution in [3.05, 3.63) is 101 Å². The lowest BCUT2D eigenvalue weighted by Crippen LogP contribution is -1.92. The summed E-state index contributed by atoms with van der Waals surface area (Å²) in [6.45, 7) is 2.28. The molecule has 1 aliphatic rings. The van der Waals surface area contributed by atoms with Crippen molar-refractivity contribution in [2.45, 2.75) is 32.6 Å². The van der Waals surface area contributed by atoms with Crippen molar-refractivity contribution in [2.24, 2.45) is 0 Å². The highest BCUT2D eigenvalue weighted by molar-refractivity contribution is 6.06. The summed E-state index contributed by atoms with van der Waals surface area (Å²) in [4.78, 5) is 0. The van der Waals surface area contributed by atoms with Crippen LogP contribution in [-0.4, -0.2) is 0 Å². The number of hydrogen-bond acceptors (Lipinski definition) is 0. The van der Waals surface area contributed by atoms with E-state index in [0.717, 1.165) is 6.42 Å². The molecule has 0 radical (unpaired) electrons. The lowest BCUT2D eigenvalue weighted by atomic mass is 9.90. The van der Waals surface area contributed by atoms with Crippen LogP contribution in [0.25, 0.3) is 27.1 Å². The Morgan fingerprint density at radius 3 is 2.26 bits per heavy atom. The third-order valence-electron chi connectivity index (χ3n) is 5.89. The highest BCUT2D eigenvalue weighted by atomic mass is 14.3. The van der Waals surface area contributed by atoms with E-state index in [4.69, 9.17) is 0 Å². The number of hydrogen-bond donors (Lipinski definition) is 0. The second-order valence-corrected chi connectivity index (χ2v) is 7.64. The Hall–Kier alpha value is -2.86. The molecule has 0 N–H and O–H groups in total. The molecule has 0 amide bonds. The molecule has 0 unspecified atom stereocenters. The quantitative estimate of drug-likeness (QED) is 0.334. The Morgan fingerprint density at radius 2 is 1.41 bits per heavy atom. The number of allylic oxidation sites excluding steroid dienone is 1. The zero-order valence-electron chi connectivity index (χ0n) is 15.8. The van der Waals surface area contributed by atoms with Crippen LogP contribution in [0, 0.1) is 0 Å². The number of rotatable bonds is 4. The van der Waals surface area contributed by atoms with Crippen LogP contribution in [0.2, 0.25) is 0 Å². The van der Waals surface area contributed by atoms with Gasteiger partial charge in [-0.15, -0.1) is 0 Å². The van der Waals surface area contributed by atoms with Crippen molar-refractivity contribution in [1.29, 1.82) is 0 Å². The van der Waals surface area contributed by atoms with Gasteiger partial charge in [0.25, 0.3) is 0 Å². The fourth-order valence-electron chi connectivity index (χ4n) is 4.55. The van der Waals surface area contributed by atoms with Crippen LogP contribution in [0.5, 0.6) is 0 Å². The molecule has 0 atom stereocenters. The molecule has 0 aromatic heterocycles. The lowest BCUT2D eigenvalue weighted by molar-refractivity contribution is 0.778. The molecule has 4 aromatic rings. The summed E-state index contributed by atoms with van der Waals surface area (Å²) in [5, 5.41) is 5.34. The SMILES string of the molecule is CCCCC1=C(c2cccc3cc4ccccc4cc23)c2ccccc2C1. The van der Waals surface area contributed by atoms with E-state index in [1.54, 1.807) is 5.57 Å². The first-order valence-electron chi connectivity index (χ1n) is 10.1. The Labute approximate surface area is 161 Å². The molecule has 0 heteroatoms. The van der Waals surface area contributed by atoms with Crippen molar-refractivity contribution in [1.82, 2.24) is 0 Å². The highest BCUT2D eigenvalue weighted by Gasteiger charge is 2.23. The van der Waals surface area contributed by atoms with Gasteiger partial charge in [0.1, 0.15) is 0 Å². The van der Waals surface area contributed by atoms with Gasteiger partial charge in [0.15, 0.2) is 0 Å². The average Bonchev–Trinajstić information content (AvgIpc) is 3.08. The first-order chi connectivity index (χ1) is 13.3. The molecule has 0 heterocycles. The van der Waals surface area contributed by atoms with Gasteiger partial charge in [0.05, 0.1) is 0 Å². The van der Waals surface area contributed by atoms with Gasteiger partial charge < -0.3 is 0 Å². The Kier molecular flexibility index (Phi) is 4.05. The smallest absolute Gasteiger partial charge is 0.00515 e. The molecule has 0 aliphatic heterocycles. The van der Waals surface area contributed by atoms with Crippen LogP contribution >= 0.6 is 0 Å². The molecule has 0 saturated carbocycles. The van der Waals surface area contributed by atoms with E-state index in [9.17, 15) is 0 Å². The third-order valence-corrected chi connectivity index (χ3v) is 5.89. The molecular formula is C27H24. The molecule has 0 spiro atoms. The average molecular weight is 348 g/mol. The molecule has 0 bridgehead atoms. The summed E-state index contributed by atoms with van der Waals surface area (Å²) in [7, 11) is 0. The lowest BCUT2D eigenvalue weighted by Gasteiger charge is -2.13. The van der Waals surface area contributed by atoms with E-state index < -0.39 is 0 Å². The topological polar surface area (TPSA) is 0 Å². The van der Waals surface area contributed by atoms with Gasteiger partial charge in [-0.25, -0.2) is 0 Å². The monoisotopic (exact) mass is 348 g/mol. The van der Waals surface area contributed by atoms with Gasteiger partial charge >= 0.3 is 0 Å². The minimum Gasteiger partial charge on any atom is -0.0654 e. The van der Waals surface area contributed by atoms with Crippen LogP contribution in [0.4, 0.5) is 0 Å². The van der Waals surface area contributed by atoms with E-state index in [1.165, 1.54) is 63.1 Å². The van der Waals surface area contributed by atoms with E-state index in [0.29, 0.717) is 0 Å². The van der Waals surface area contributed by atoms with Gasteiger partial charge in [0.2, 0.25) is 0 Å². The van der Waals surface area contributed by atoms with Crippen LogP contribution in [0.15, 0.2) is 84.4 Å². The maximum Gasteiger partial charge on any atom is -0.00515 e. The molecule has 4 aromatic carbocycles. The van der Waals surface area contributed by atoms with Crippen LogP contribution in [-0.2, 0) is 6.42 Å². The molecule has 1 aliphatic carbocycles. The Morgan fingerprint density at radius 1 is 0.704 bits per heavy atom. The van der Waals surface area contributed by atoms with Crippen molar-refractivity contribution in [2.75, 3.05) is 0 Å². The Bertz CT molecular complexity index is 1180. The predicted molar refractivity (Wildman–Crippen MR) is 117 cm³/mol. The first kappa shape index (κ1) is 16.3. The molecule has 132 valence electrons. The largest absolute Gasteiger partial charge is 0.0654 e. The maximum atomic E-state index is 2.38. The van der Waals surface area contributed by atoms with Gasteiger partial charge in [0, 0.05) is 0 Å². The predicted octanol–water partition coefficient (Wildman–Crippen LogP) is 7.54. The van der Waals surface area contributed by atoms with E-state index in [-0.39, 0.29) is 0 Å². The van der Waals surface area contributed by atoms with Gasteiger partial charge in [-0.2, -0.15) is 0 Å². The summed E-state index contributed by atoms with van der Waals surface area (Å²) >= 11 is 0. The molecule has 0 fully saturated rings. The van der Waals surface area contributed by atoms with Gasteiger partial charge in [-0.1, -0.05) is 85.6 Å². The standard InChI is InChI=1S/C27H24/c1-2-3-9-23-17-21-12-6-7-14-24(21)27(23)25-15-8-13-22-16-19-10-4-5-11-20(19)18-26(22)25/h4-8,10-16,18H,2-3,9,17H2,1H3. The highest BCUT2D eigenvalue weighted by Crippen LogP contribution is 2.42. The normalized spacial score (nSPS) is 13.5. The molecular weight excluding hydrogens is 324 g/mol. The van der Waals surface area contributed by atoms with Crippen LogP contribution in [0.3, 0.4) is 0 Å². The molecule has 5 rings (SSSR count). The zero-order chi connectivity index (χ0) is 18.2.